The highest BCUT2D eigenvalue weighted by atomic mass is 16.5. The van der Waals surface area contributed by atoms with Crippen LogP contribution < -0.4 is 0 Å². The summed E-state index contributed by atoms with van der Waals surface area (Å²) in [7, 11) is 0. The van der Waals surface area contributed by atoms with Crippen LogP contribution in [0.15, 0.2) is 70.2 Å². The molecule has 1 heterocycles. The number of benzene rings is 1. The molecule has 4 heteroatoms. The number of rotatable bonds is 0. The second-order valence-electron chi connectivity index (χ2n) is 5.97. The van der Waals surface area contributed by atoms with Gasteiger partial charge in [-0.15, -0.1) is 6.42 Å². The highest BCUT2D eigenvalue weighted by Gasteiger charge is 2.33. The fourth-order valence-electron chi connectivity index (χ4n) is 3.36. The standard InChI is InChI=1S/C23H13N3O/c1-4-16(11-24)21-19-7-5-6-8-20(19)22(18(12-25)13-26)23(21)17-9-14(2)27-15(3)10-17/h1,5-10H,2-3H3/b21-16-. The lowest BCUT2D eigenvalue weighted by Gasteiger charge is -2.16. The molecule has 2 aliphatic rings. The smallest absolute Gasteiger partial charge is 0.138 e. The van der Waals surface area contributed by atoms with Crippen LogP contribution in [0.25, 0.3) is 11.1 Å². The van der Waals surface area contributed by atoms with Crippen LogP contribution in [0.5, 0.6) is 0 Å². The summed E-state index contributed by atoms with van der Waals surface area (Å²) >= 11 is 0. The van der Waals surface area contributed by atoms with E-state index in [2.05, 4.69) is 12.0 Å². The first-order valence-electron chi connectivity index (χ1n) is 8.10. The van der Waals surface area contributed by atoms with E-state index in [9.17, 15) is 15.8 Å². The van der Waals surface area contributed by atoms with Crippen LogP contribution in [0.1, 0.15) is 25.0 Å². The van der Waals surface area contributed by atoms with Gasteiger partial charge in [0, 0.05) is 16.7 Å². The molecule has 0 atom stereocenters. The monoisotopic (exact) mass is 347 g/mol. The Morgan fingerprint density at radius 3 is 1.78 bits per heavy atom. The van der Waals surface area contributed by atoms with E-state index in [4.69, 9.17) is 11.2 Å². The third-order valence-electron chi connectivity index (χ3n) is 4.27. The zero-order valence-corrected chi connectivity index (χ0v) is 14.8. The van der Waals surface area contributed by atoms with Gasteiger partial charge in [-0.1, -0.05) is 30.2 Å². The summed E-state index contributed by atoms with van der Waals surface area (Å²) in [4.78, 5) is 0. The van der Waals surface area contributed by atoms with Gasteiger partial charge in [0.15, 0.2) is 0 Å². The summed E-state index contributed by atoms with van der Waals surface area (Å²) in [5.74, 6) is 3.78. The van der Waals surface area contributed by atoms with Gasteiger partial charge in [0.05, 0.1) is 0 Å². The van der Waals surface area contributed by atoms with Gasteiger partial charge < -0.3 is 4.74 Å². The lowest BCUT2D eigenvalue weighted by Crippen LogP contribution is -1.99. The molecule has 0 aromatic heterocycles. The average Bonchev–Trinajstić information content (AvgIpc) is 2.99. The number of fused-ring (bicyclic) bond motifs is 1. The Morgan fingerprint density at radius 2 is 1.33 bits per heavy atom. The third kappa shape index (κ3) is 2.83. The Kier molecular flexibility index (Phi) is 4.51. The van der Waals surface area contributed by atoms with Crippen LogP contribution in [0.3, 0.4) is 0 Å². The molecule has 0 saturated carbocycles. The molecule has 3 rings (SSSR count). The van der Waals surface area contributed by atoms with Crippen molar-refractivity contribution in [2.24, 2.45) is 0 Å². The largest absolute Gasteiger partial charge is 0.467 e. The maximum atomic E-state index is 9.60. The van der Waals surface area contributed by atoms with Crippen molar-refractivity contribution in [1.29, 1.82) is 15.8 Å². The van der Waals surface area contributed by atoms with Gasteiger partial charge >= 0.3 is 0 Å². The molecular formula is C23H13N3O. The predicted molar refractivity (Wildman–Crippen MR) is 102 cm³/mol. The molecule has 0 bridgehead atoms. The minimum absolute atomic E-state index is 0.0298. The lowest BCUT2D eigenvalue weighted by molar-refractivity contribution is 0.304. The molecule has 27 heavy (non-hydrogen) atoms. The molecule has 0 spiro atoms. The fraction of sp³-hybridized carbons (Fsp3) is 0.0870. The SMILES string of the molecule is C#C/C(C#N)=C1/C(=C2C=C(C)OC(C)=C2)C(=C(C#N)C#N)c2ccccc21. The number of allylic oxidation sites excluding steroid dienone is 10. The quantitative estimate of drug-likeness (QED) is 0.509. The van der Waals surface area contributed by atoms with E-state index >= 15 is 0 Å². The van der Waals surface area contributed by atoms with Crippen LogP contribution >= 0.6 is 0 Å². The van der Waals surface area contributed by atoms with E-state index in [1.54, 1.807) is 0 Å². The lowest BCUT2D eigenvalue weighted by atomic mass is 9.91. The van der Waals surface area contributed by atoms with Gasteiger partial charge in [0.25, 0.3) is 0 Å². The first kappa shape index (κ1) is 17.6. The van der Waals surface area contributed by atoms with Gasteiger partial charge in [-0.05, 0) is 42.7 Å². The van der Waals surface area contributed by atoms with E-state index in [1.165, 1.54) is 0 Å². The van der Waals surface area contributed by atoms with Crippen molar-refractivity contribution in [2.45, 2.75) is 13.8 Å². The van der Waals surface area contributed by atoms with Crippen molar-refractivity contribution < 1.29 is 4.74 Å². The average molecular weight is 347 g/mol. The van der Waals surface area contributed by atoms with Crippen molar-refractivity contribution >= 4 is 11.1 Å². The molecule has 0 N–H and O–H groups in total. The number of hydrogen-bond donors (Lipinski definition) is 0. The molecule has 0 fully saturated rings. The van der Waals surface area contributed by atoms with E-state index in [-0.39, 0.29) is 11.1 Å². The summed E-state index contributed by atoms with van der Waals surface area (Å²) in [6, 6.07) is 13.3. The van der Waals surface area contributed by atoms with E-state index < -0.39 is 0 Å². The van der Waals surface area contributed by atoms with Crippen molar-refractivity contribution in [2.75, 3.05) is 0 Å². The molecule has 1 aliphatic carbocycles. The second kappa shape index (κ2) is 6.93. The van der Waals surface area contributed by atoms with Crippen LogP contribution in [0.2, 0.25) is 0 Å². The van der Waals surface area contributed by atoms with Gasteiger partial charge in [0.1, 0.15) is 40.9 Å². The molecule has 1 aliphatic heterocycles. The van der Waals surface area contributed by atoms with Gasteiger partial charge in [-0.2, -0.15) is 15.8 Å². The molecule has 4 nitrogen and oxygen atoms in total. The van der Waals surface area contributed by atoms with E-state index in [0.717, 1.165) is 11.1 Å². The highest BCUT2D eigenvalue weighted by Crippen LogP contribution is 2.50. The summed E-state index contributed by atoms with van der Waals surface area (Å²) in [6.45, 7) is 3.63. The van der Waals surface area contributed by atoms with Gasteiger partial charge in [-0.3, -0.25) is 0 Å². The van der Waals surface area contributed by atoms with Crippen LogP contribution in [-0.4, -0.2) is 0 Å². The van der Waals surface area contributed by atoms with Crippen molar-refractivity contribution in [3.05, 3.63) is 81.4 Å². The Balaban J connectivity index is 2.59. The predicted octanol–water partition coefficient (Wildman–Crippen LogP) is 4.55. The minimum Gasteiger partial charge on any atom is -0.467 e. The van der Waals surface area contributed by atoms with Gasteiger partial charge in [-0.25, -0.2) is 0 Å². The zero-order valence-electron chi connectivity index (χ0n) is 14.8. The molecule has 0 amide bonds. The van der Waals surface area contributed by atoms with Crippen molar-refractivity contribution in [3.63, 3.8) is 0 Å². The Bertz CT molecular complexity index is 1070. The summed E-state index contributed by atoms with van der Waals surface area (Å²) in [6.07, 6.45) is 9.22. The number of ether oxygens (including phenoxy) is 1. The molecule has 0 saturated heterocycles. The van der Waals surface area contributed by atoms with E-state index in [0.29, 0.717) is 33.8 Å². The van der Waals surface area contributed by atoms with Crippen LogP contribution in [0, 0.1) is 46.3 Å². The summed E-state index contributed by atoms with van der Waals surface area (Å²) in [5, 5.41) is 28.7. The number of nitriles is 3. The van der Waals surface area contributed by atoms with Gasteiger partial charge in [0.2, 0.25) is 0 Å². The maximum absolute atomic E-state index is 9.60. The first-order chi connectivity index (χ1) is 13.0. The van der Waals surface area contributed by atoms with E-state index in [1.807, 2.05) is 62.4 Å². The summed E-state index contributed by atoms with van der Waals surface area (Å²) < 4.78 is 5.57. The number of nitrogens with zero attached hydrogens (tertiary/aromatic N) is 3. The normalized spacial score (nSPS) is 16.6. The third-order valence-corrected chi connectivity index (χ3v) is 4.27. The Morgan fingerprint density at radius 1 is 0.852 bits per heavy atom. The molecule has 126 valence electrons. The summed E-state index contributed by atoms with van der Waals surface area (Å²) in [5.41, 5.74) is 3.94. The topological polar surface area (TPSA) is 80.6 Å². The number of hydrogen-bond acceptors (Lipinski definition) is 4. The second-order valence-corrected chi connectivity index (χ2v) is 5.97. The van der Waals surface area contributed by atoms with Crippen LogP contribution in [0.4, 0.5) is 0 Å². The molecule has 0 radical (unpaired) electrons. The Labute approximate surface area is 157 Å². The fourth-order valence-corrected chi connectivity index (χ4v) is 3.36. The Hall–Kier alpha value is -4.25. The maximum Gasteiger partial charge on any atom is 0.138 e. The van der Waals surface area contributed by atoms with Crippen molar-refractivity contribution in [1.82, 2.24) is 0 Å². The molecule has 1 aromatic carbocycles. The molecule has 0 unspecified atom stereocenters. The highest BCUT2D eigenvalue weighted by molar-refractivity contribution is 6.13. The molecular weight excluding hydrogens is 334 g/mol. The van der Waals surface area contributed by atoms with Crippen molar-refractivity contribution in [3.8, 4) is 30.6 Å². The number of terminal acetylenes is 1. The first-order valence-corrected chi connectivity index (χ1v) is 8.10. The minimum atomic E-state index is -0.0298. The van der Waals surface area contributed by atoms with Crippen LogP contribution in [-0.2, 0) is 4.74 Å². The molecule has 1 aromatic rings. The zero-order chi connectivity index (χ0) is 19.6.